The standard InChI is InChI=1S/C13H16FNO3/c1-13(2,12(17)18)8-15-11(16)7-9-3-5-10(14)6-4-9/h3-6H,7-8H2,1-2H3,(H,15,16)(H,17,18). The van der Waals surface area contributed by atoms with Crippen LogP contribution in [0.3, 0.4) is 0 Å². The number of halogens is 1. The van der Waals surface area contributed by atoms with Gasteiger partial charge < -0.3 is 10.4 Å². The average molecular weight is 253 g/mol. The lowest BCUT2D eigenvalue weighted by Crippen LogP contribution is -2.39. The van der Waals surface area contributed by atoms with Crippen LogP contribution in [-0.4, -0.2) is 23.5 Å². The molecule has 0 atom stereocenters. The molecule has 0 aromatic heterocycles. The summed E-state index contributed by atoms with van der Waals surface area (Å²) < 4.78 is 12.7. The van der Waals surface area contributed by atoms with Gasteiger partial charge in [-0.2, -0.15) is 0 Å². The van der Waals surface area contributed by atoms with Crippen LogP contribution in [-0.2, 0) is 16.0 Å². The number of hydrogen-bond donors (Lipinski definition) is 2. The zero-order valence-corrected chi connectivity index (χ0v) is 10.4. The second-order valence-electron chi connectivity index (χ2n) is 4.77. The number of benzene rings is 1. The highest BCUT2D eigenvalue weighted by molar-refractivity contribution is 5.80. The van der Waals surface area contributed by atoms with Crippen molar-refractivity contribution in [2.75, 3.05) is 6.54 Å². The Hall–Kier alpha value is -1.91. The van der Waals surface area contributed by atoms with E-state index < -0.39 is 11.4 Å². The van der Waals surface area contributed by atoms with Crippen molar-refractivity contribution in [2.24, 2.45) is 5.41 Å². The highest BCUT2D eigenvalue weighted by Gasteiger charge is 2.27. The number of carbonyl (C=O) groups is 2. The Labute approximate surface area is 105 Å². The maximum absolute atomic E-state index is 12.7. The number of aliphatic carboxylic acids is 1. The first-order valence-electron chi connectivity index (χ1n) is 5.56. The van der Waals surface area contributed by atoms with Gasteiger partial charge in [0.25, 0.3) is 0 Å². The third-order valence-electron chi connectivity index (χ3n) is 2.58. The number of carboxylic acids is 1. The molecule has 0 radical (unpaired) electrons. The van der Waals surface area contributed by atoms with E-state index in [0.29, 0.717) is 5.56 Å². The van der Waals surface area contributed by atoms with Crippen LogP contribution in [0.5, 0.6) is 0 Å². The first kappa shape index (κ1) is 14.2. The molecule has 0 saturated heterocycles. The van der Waals surface area contributed by atoms with Gasteiger partial charge in [-0.25, -0.2) is 4.39 Å². The van der Waals surface area contributed by atoms with Gasteiger partial charge in [-0.1, -0.05) is 12.1 Å². The Balaban J connectivity index is 2.48. The summed E-state index contributed by atoms with van der Waals surface area (Å²) >= 11 is 0. The lowest BCUT2D eigenvalue weighted by molar-refractivity contribution is -0.146. The fourth-order valence-corrected chi connectivity index (χ4v) is 1.25. The van der Waals surface area contributed by atoms with Gasteiger partial charge >= 0.3 is 5.97 Å². The molecule has 0 heterocycles. The van der Waals surface area contributed by atoms with Gasteiger partial charge in [0.15, 0.2) is 0 Å². The first-order valence-corrected chi connectivity index (χ1v) is 5.56. The maximum atomic E-state index is 12.7. The quantitative estimate of drug-likeness (QED) is 0.837. The number of hydrogen-bond acceptors (Lipinski definition) is 2. The zero-order valence-electron chi connectivity index (χ0n) is 10.4. The predicted molar refractivity (Wildman–Crippen MR) is 64.5 cm³/mol. The van der Waals surface area contributed by atoms with Crippen LogP contribution in [0.25, 0.3) is 0 Å². The normalized spacial score (nSPS) is 11.1. The van der Waals surface area contributed by atoms with Gasteiger partial charge in [0.05, 0.1) is 11.8 Å². The molecule has 4 nitrogen and oxygen atoms in total. The summed E-state index contributed by atoms with van der Waals surface area (Å²) in [5.74, 6) is -1.60. The molecule has 98 valence electrons. The molecule has 1 aromatic carbocycles. The van der Waals surface area contributed by atoms with Crippen molar-refractivity contribution >= 4 is 11.9 Å². The third kappa shape index (κ3) is 4.16. The van der Waals surface area contributed by atoms with E-state index in [0.717, 1.165) is 0 Å². The molecule has 18 heavy (non-hydrogen) atoms. The molecule has 0 aliphatic carbocycles. The molecule has 0 aliphatic rings. The van der Waals surface area contributed by atoms with Gasteiger partial charge in [0, 0.05) is 6.54 Å². The zero-order chi connectivity index (χ0) is 13.8. The van der Waals surface area contributed by atoms with Crippen molar-refractivity contribution in [1.29, 1.82) is 0 Å². The third-order valence-corrected chi connectivity index (χ3v) is 2.58. The molecule has 0 fully saturated rings. The van der Waals surface area contributed by atoms with E-state index in [-0.39, 0.29) is 24.7 Å². The number of carbonyl (C=O) groups excluding carboxylic acids is 1. The molecular formula is C13H16FNO3. The lowest BCUT2D eigenvalue weighted by atomic mass is 9.94. The SMILES string of the molecule is CC(C)(CNC(=O)Cc1ccc(F)cc1)C(=O)O. The molecule has 1 amide bonds. The van der Waals surface area contributed by atoms with Crippen LogP contribution in [0.4, 0.5) is 4.39 Å². The van der Waals surface area contributed by atoms with E-state index in [1.54, 1.807) is 0 Å². The lowest BCUT2D eigenvalue weighted by Gasteiger charge is -2.19. The number of rotatable bonds is 5. The summed E-state index contributed by atoms with van der Waals surface area (Å²) in [5.41, 5.74) is -0.319. The van der Waals surface area contributed by atoms with Crippen molar-refractivity contribution < 1.29 is 19.1 Å². The van der Waals surface area contributed by atoms with E-state index >= 15 is 0 Å². The fourth-order valence-electron chi connectivity index (χ4n) is 1.25. The Bertz CT molecular complexity index is 440. The molecule has 0 aliphatic heterocycles. The minimum Gasteiger partial charge on any atom is -0.481 e. The van der Waals surface area contributed by atoms with Crippen LogP contribution in [0.1, 0.15) is 19.4 Å². The largest absolute Gasteiger partial charge is 0.481 e. The van der Waals surface area contributed by atoms with Gasteiger partial charge in [-0.3, -0.25) is 9.59 Å². The first-order chi connectivity index (χ1) is 8.31. The van der Waals surface area contributed by atoms with Crippen LogP contribution in [0.15, 0.2) is 24.3 Å². The summed E-state index contributed by atoms with van der Waals surface area (Å²) in [6, 6.07) is 5.61. The molecule has 0 unspecified atom stereocenters. The molecule has 0 spiro atoms. The van der Waals surface area contributed by atoms with Crippen molar-refractivity contribution in [1.82, 2.24) is 5.32 Å². The van der Waals surface area contributed by atoms with Crippen LogP contribution in [0.2, 0.25) is 0 Å². The molecule has 1 rings (SSSR count). The summed E-state index contributed by atoms with van der Waals surface area (Å²) in [5, 5.41) is 11.4. The summed E-state index contributed by atoms with van der Waals surface area (Å²) in [6.45, 7) is 3.13. The Morgan fingerprint density at radius 1 is 1.28 bits per heavy atom. The molecule has 2 N–H and O–H groups in total. The Morgan fingerprint density at radius 2 is 1.83 bits per heavy atom. The van der Waals surface area contributed by atoms with E-state index in [1.165, 1.54) is 38.1 Å². The van der Waals surface area contributed by atoms with Gasteiger partial charge in [0.1, 0.15) is 5.82 Å². The monoisotopic (exact) mass is 253 g/mol. The second-order valence-corrected chi connectivity index (χ2v) is 4.77. The Morgan fingerprint density at radius 3 is 2.33 bits per heavy atom. The topological polar surface area (TPSA) is 66.4 Å². The summed E-state index contributed by atoms with van der Waals surface area (Å²) in [4.78, 5) is 22.4. The van der Waals surface area contributed by atoms with E-state index in [2.05, 4.69) is 5.32 Å². The Kier molecular flexibility index (Phi) is 4.42. The average Bonchev–Trinajstić information content (AvgIpc) is 2.29. The van der Waals surface area contributed by atoms with Crippen LogP contribution in [0, 0.1) is 11.2 Å². The number of nitrogens with one attached hydrogen (secondary N) is 1. The molecule has 0 bridgehead atoms. The highest BCUT2D eigenvalue weighted by Crippen LogP contribution is 2.13. The minimum absolute atomic E-state index is 0.0579. The minimum atomic E-state index is -1.00. The molecule has 0 saturated carbocycles. The molecular weight excluding hydrogens is 237 g/mol. The number of carboxylic acid groups (broad SMARTS) is 1. The van der Waals surface area contributed by atoms with Gasteiger partial charge in [-0.05, 0) is 31.5 Å². The molecule has 5 heteroatoms. The number of amides is 1. The van der Waals surface area contributed by atoms with Crippen molar-refractivity contribution in [3.8, 4) is 0 Å². The smallest absolute Gasteiger partial charge is 0.310 e. The molecule has 1 aromatic rings. The second kappa shape index (κ2) is 5.62. The van der Waals surface area contributed by atoms with E-state index in [4.69, 9.17) is 5.11 Å². The fraction of sp³-hybridized carbons (Fsp3) is 0.385. The maximum Gasteiger partial charge on any atom is 0.310 e. The van der Waals surface area contributed by atoms with Crippen molar-refractivity contribution in [2.45, 2.75) is 20.3 Å². The van der Waals surface area contributed by atoms with E-state index in [9.17, 15) is 14.0 Å². The summed E-state index contributed by atoms with van der Waals surface area (Å²) in [6.07, 6.45) is 0.107. The summed E-state index contributed by atoms with van der Waals surface area (Å²) in [7, 11) is 0. The van der Waals surface area contributed by atoms with Gasteiger partial charge in [0.2, 0.25) is 5.91 Å². The van der Waals surface area contributed by atoms with Crippen molar-refractivity contribution in [3.63, 3.8) is 0 Å². The van der Waals surface area contributed by atoms with Crippen LogP contribution < -0.4 is 5.32 Å². The van der Waals surface area contributed by atoms with Crippen molar-refractivity contribution in [3.05, 3.63) is 35.6 Å². The van der Waals surface area contributed by atoms with Gasteiger partial charge in [-0.15, -0.1) is 0 Å². The highest BCUT2D eigenvalue weighted by atomic mass is 19.1. The predicted octanol–water partition coefficient (Wildman–Crippen LogP) is 1.60. The van der Waals surface area contributed by atoms with E-state index in [1.807, 2.05) is 0 Å². The van der Waals surface area contributed by atoms with Crippen LogP contribution >= 0.6 is 0 Å².